The highest BCUT2D eigenvalue weighted by atomic mass is 32.1. The standard InChI is InChI=1S/C6H12OS/c8-5-6-3-1-2-4-7-6/h6,8H,1-5H2. The topological polar surface area (TPSA) is 9.23 Å². The van der Waals surface area contributed by atoms with Crippen LogP contribution in [0.15, 0.2) is 0 Å². The molecule has 1 unspecified atom stereocenters. The van der Waals surface area contributed by atoms with E-state index in [-0.39, 0.29) is 0 Å². The van der Waals surface area contributed by atoms with E-state index in [0.29, 0.717) is 6.10 Å². The molecule has 0 N–H and O–H groups in total. The van der Waals surface area contributed by atoms with Gasteiger partial charge in [0.1, 0.15) is 0 Å². The molecule has 1 saturated heterocycles. The molecule has 0 radical (unpaired) electrons. The van der Waals surface area contributed by atoms with E-state index in [0.717, 1.165) is 12.4 Å². The average molecular weight is 132 g/mol. The smallest absolute Gasteiger partial charge is 0.0662 e. The predicted molar refractivity (Wildman–Crippen MR) is 37.4 cm³/mol. The Morgan fingerprint density at radius 3 is 2.75 bits per heavy atom. The van der Waals surface area contributed by atoms with Crippen molar-refractivity contribution in [2.45, 2.75) is 25.4 Å². The van der Waals surface area contributed by atoms with E-state index in [2.05, 4.69) is 12.6 Å². The van der Waals surface area contributed by atoms with Crippen molar-refractivity contribution in [1.82, 2.24) is 0 Å². The first-order valence-corrected chi connectivity index (χ1v) is 3.79. The number of hydrogen-bond acceptors (Lipinski definition) is 2. The van der Waals surface area contributed by atoms with Gasteiger partial charge in [-0.05, 0) is 19.3 Å². The highest BCUT2D eigenvalue weighted by Gasteiger charge is 2.10. The van der Waals surface area contributed by atoms with Crippen molar-refractivity contribution in [2.24, 2.45) is 0 Å². The molecule has 0 bridgehead atoms. The van der Waals surface area contributed by atoms with Crippen LogP contribution in [-0.4, -0.2) is 18.5 Å². The second-order valence-electron chi connectivity index (χ2n) is 2.17. The summed E-state index contributed by atoms with van der Waals surface area (Å²) in [6.07, 6.45) is 4.23. The third kappa shape index (κ3) is 1.67. The first-order chi connectivity index (χ1) is 3.93. The van der Waals surface area contributed by atoms with Gasteiger partial charge in [-0.1, -0.05) is 0 Å². The first kappa shape index (κ1) is 6.43. The Bertz CT molecular complexity index is 59.5. The molecule has 0 spiro atoms. The van der Waals surface area contributed by atoms with Gasteiger partial charge in [0.2, 0.25) is 0 Å². The van der Waals surface area contributed by atoms with Crippen LogP contribution in [-0.2, 0) is 4.74 Å². The van der Waals surface area contributed by atoms with Gasteiger partial charge in [0.25, 0.3) is 0 Å². The normalized spacial score (nSPS) is 30.4. The highest BCUT2D eigenvalue weighted by Crippen LogP contribution is 2.12. The van der Waals surface area contributed by atoms with Gasteiger partial charge in [-0.15, -0.1) is 0 Å². The molecule has 1 aliphatic rings. The minimum atomic E-state index is 0.451. The maximum absolute atomic E-state index is 5.35. The summed E-state index contributed by atoms with van der Waals surface area (Å²) in [7, 11) is 0. The van der Waals surface area contributed by atoms with Gasteiger partial charge in [-0.25, -0.2) is 0 Å². The zero-order valence-electron chi connectivity index (χ0n) is 4.97. The average Bonchev–Trinajstić information content (AvgIpc) is 1.90. The van der Waals surface area contributed by atoms with Crippen LogP contribution in [0.5, 0.6) is 0 Å². The van der Waals surface area contributed by atoms with E-state index < -0.39 is 0 Å². The summed E-state index contributed by atoms with van der Waals surface area (Å²) in [5, 5.41) is 0. The van der Waals surface area contributed by atoms with Gasteiger partial charge >= 0.3 is 0 Å². The van der Waals surface area contributed by atoms with Crippen molar-refractivity contribution in [3.8, 4) is 0 Å². The van der Waals surface area contributed by atoms with Crippen molar-refractivity contribution >= 4 is 12.6 Å². The Balaban J connectivity index is 2.13. The molecule has 1 atom stereocenters. The fraction of sp³-hybridized carbons (Fsp3) is 1.00. The molecule has 1 aliphatic heterocycles. The van der Waals surface area contributed by atoms with Crippen LogP contribution in [0.2, 0.25) is 0 Å². The molecule has 48 valence electrons. The monoisotopic (exact) mass is 132 g/mol. The van der Waals surface area contributed by atoms with Crippen LogP contribution in [0, 0.1) is 0 Å². The molecular weight excluding hydrogens is 120 g/mol. The lowest BCUT2D eigenvalue weighted by Gasteiger charge is -2.19. The Morgan fingerprint density at radius 2 is 2.38 bits per heavy atom. The molecule has 0 aromatic heterocycles. The SMILES string of the molecule is SCC1CCCCO1. The fourth-order valence-electron chi connectivity index (χ4n) is 0.951. The Morgan fingerprint density at radius 1 is 1.50 bits per heavy atom. The van der Waals surface area contributed by atoms with Crippen LogP contribution >= 0.6 is 12.6 Å². The molecule has 1 fully saturated rings. The van der Waals surface area contributed by atoms with Gasteiger partial charge in [0.05, 0.1) is 6.10 Å². The summed E-state index contributed by atoms with van der Waals surface area (Å²) >= 11 is 4.14. The van der Waals surface area contributed by atoms with E-state index in [9.17, 15) is 0 Å². The zero-order chi connectivity index (χ0) is 5.82. The number of rotatable bonds is 1. The molecule has 0 amide bonds. The summed E-state index contributed by atoms with van der Waals surface area (Å²) < 4.78 is 5.35. The molecule has 8 heavy (non-hydrogen) atoms. The van der Waals surface area contributed by atoms with Crippen LogP contribution < -0.4 is 0 Å². The van der Waals surface area contributed by atoms with Crippen LogP contribution in [0.4, 0.5) is 0 Å². The molecule has 1 nitrogen and oxygen atoms in total. The predicted octanol–water partition coefficient (Wildman–Crippen LogP) is 1.49. The minimum Gasteiger partial charge on any atom is -0.377 e. The molecule has 0 saturated carbocycles. The molecule has 1 rings (SSSR count). The fourth-order valence-corrected chi connectivity index (χ4v) is 1.24. The van der Waals surface area contributed by atoms with E-state index in [1.165, 1.54) is 19.3 Å². The Kier molecular flexibility index (Phi) is 2.70. The van der Waals surface area contributed by atoms with E-state index in [4.69, 9.17) is 4.74 Å². The summed E-state index contributed by atoms with van der Waals surface area (Å²) in [6.45, 7) is 0.950. The van der Waals surface area contributed by atoms with Crippen molar-refractivity contribution in [2.75, 3.05) is 12.4 Å². The summed E-state index contributed by atoms with van der Waals surface area (Å²) in [4.78, 5) is 0. The van der Waals surface area contributed by atoms with Gasteiger partial charge in [-0.3, -0.25) is 0 Å². The lowest BCUT2D eigenvalue weighted by molar-refractivity contribution is 0.0317. The number of hydrogen-bond donors (Lipinski definition) is 1. The molecule has 1 heterocycles. The van der Waals surface area contributed by atoms with Gasteiger partial charge in [-0.2, -0.15) is 12.6 Å². The summed E-state index contributed by atoms with van der Waals surface area (Å²) in [5.74, 6) is 0.889. The lowest BCUT2D eigenvalue weighted by atomic mass is 10.1. The highest BCUT2D eigenvalue weighted by molar-refractivity contribution is 7.80. The summed E-state index contributed by atoms with van der Waals surface area (Å²) in [6, 6.07) is 0. The number of thiol groups is 1. The largest absolute Gasteiger partial charge is 0.377 e. The summed E-state index contributed by atoms with van der Waals surface area (Å²) in [5.41, 5.74) is 0. The molecule has 2 heteroatoms. The third-order valence-electron chi connectivity index (χ3n) is 1.48. The van der Waals surface area contributed by atoms with E-state index in [1.54, 1.807) is 0 Å². The molecule has 0 aliphatic carbocycles. The van der Waals surface area contributed by atoms with Crippen molar-refractivity contribution in [3.05, 3.63) is 0 Å². The second kappa shape index (κ2) is 3.36. The van der Waals surface area contributed by atoms with Crippen molar-refractivity contribution in [3.63, 3.8) is 0 Å². The van der Waals surface area contributed by atoms with Gasteiger partial charge in [0.15, 0.2) is 0 Å². The lowest BCUT2D eigenvalue weighted by Crippen LogP contribution is -2.20. The number of ether oxygens (including phenoxy) is 1. The van der Waals surface area contributed by atoms with Gasteiger partial charge < -0.3 is 4.74 Å². The first-order valence-electron chi connectivity index (χ1n) is 3.16. The minimum absolute atomic E-state index is 0.451. The van der Waals surface area contributed by atoms with Crippen molar-refractivity contribution < 1.29 is 4.74 Å². The maximum Gasteiger partial charge on any atom is 0.0662 e. The van der Waals surface area contributed by atoms with E-state index >= 15 is 0 Å². The van der Waals surface area contributed by atoms with Crippen molar-refractivity contribution in [1.29, 1.82) is 0 Å². The maximum atomic E-state index is 5.35. The third-order valence-corrected chi connectivity index (χ3v) is 1.88. The van der Waals surface area contributed by atoms with Crippen LogP contribution in [0.3, 0.4) is 0 Å². The van der Waals surface area contributed by atoms with Crippen LogP contribution in [0.1, 0.15) is 19.3 Å². The quantitative estimate of drug-likeness (QED) is 0.532. The van der Waals surface area contributed by atoms with E-state index in [1.807, 2.05) is 0 Å². The molecular formula is C6H12OS. The Hall–Kier alpha value is 0.310. The second-order valence-corrected chi connectivity index (χ2v) is 2.54. The zero-order valence-corrected chi connectivity index (χ0v) is 5.86. The molecule has 0 aromatic rings. The Labute approximate surface area is 55.8 Å². The van der Waals surface area contributed by atoms with Gasteiger partial charge in [0, 0.05) is 12.4 Å². The van der Waals surface area contributed by atoms with Crippen LogP contribution in [0.25, 0.3) is 0 Å². The molecule has 0 aromatic carbocycles.